The highest BCUT2D eigenvalue weighted by Crippen LogP contribution is 2.33. The first-order chi connectivity index (χ1) is 9.40. The van der Waals surface area contributed by atoms with Crippen LogP contribution in [-0.4, -0.2) is 38.2 Å². The highest BCUT2D eigenvalue weighted by Gasteiger charge is 2.25. The third kappa shape index (κ3) is 1.94. The minimum absolute atomic E-state index is 0.401. The summed E-state index contributed by atoms with van der Waals surface area (Å²) >= 11 is 0. The zero-order valence-electron chi connectivity index (χ0n) is 10.6. The summed E-state index contributed by atoms with van der Waals surface area (Å²) < 4.78 is 7.18. The van der Waals surface area contributed by atoms with Gasteiger partial charge < -0.3 is 9.84 Å². The molecule has 7 heteroatoms. The van der Waals surface area contributed by atoms with E-state index in [-0.39, 0.29) is 0 Å². The van der Waals surface area contributed by atoms with E-state index >= 15 is 0 Å². The Morgan fingerprint density at radius 2 is 2.11 bits per heavy atom. The Morgan fingerprint density at radius 1 is 1.26 bits per heavy atom. The largest absolute Gasteiger partial charge is 0.332 e. The Bertz CT molecular complexity index is 566. The lowest BCUT2D eigenvalue weighted by Gasteiger charge is -2.26. The third-order valence-corrected chi connectivity index (χ3v) is 4.03. The van der Waals surface area contributed by atoms with Crippen molar-refractivity contribution in [2.75, 3.05) is 13.1 Å². The van der Waals surface area contributed by atoms with Crippen LogP contribution in [0.1, 0.15) is 43.5 Å². The van der Waals surface area contributed by atoms with Crippen LogP contribution < -0.4 is 5.32 Å². The molecule has 1 saturated carbocycles. The first-order valence-corrected chi connectivity index (χ1v) is 6.86. The predicted octanol–water partition coefficient (Wildman–Crippen LogP) is 1.13. The highest BCUT2D eigenvalue weighted by molar-refractivity contribution is 5.43. The van der Waals surface area contributed by atoms with Crippen molar-refractivity contribution < 1.29 is 4.52 Å². The van der Waals surface area contributed by atoms with Gasteiger partial charge in [-0.1, -0.05) is 23.2 Å². The normalized spacial score (nSPS) is 20.8. The van der Waals surface area contributed by atoms with Crippen molar-refractivity contribution in [3.8, 4) is 11.6 Å². The minimum atomic E-state index is 0.401. The molecule has 2 aromatic rings. The molecule has 4 rings (SSSR count). The smallest absolute Gasteiger partial charge is 0.280 e. The summed E-state index contributed by atoms with van der Waals surface area (Å²) in [4.78, 5) is 4.47. The summed E-state index contributed by atoms with van der Waals surface area (Å²) in [7, 11) is 0. The van der Waals surface area contributed by atoms with Crippen molar-refractivity contribution in [3.05, 3.63) is 12.0 Å². The van der Waals surface area contributed by atoms with Crippen molar-refractivity contribution in [3.63, 3.8) is 0 Å². The molecule has 0 radical (unpaired) electrons. The maximum atomic E-state index is 5.32. The number of rotatable bonds is 3. The molecule has 1 saturated heterocycles. The number of hydrogen-bond donors (Lipinski definition) is 1. The van der Waals surface area contributed by atoms with Gasteiger partial charge in [-0.2, -0.15) is 4.98 Å². The van der Waals surface area contributed by atoms with E-state index in [0.29, 0.717) is 23.5 Å². The molecule has 0 aromatic carbocycles. The lowest BCUT2D eigenvalue weighted by atomic mass is 10.1. The summed E-state index contributed by atoms with van der Waals surface area (Å²) in [6, 6.07) is 0.401. The van der Waals surface area contributed by atoms with Gasteiger partial charge in [0.2, 0.25) is 0 Å². The van der Waals surface area contributed by atoms with E-state index in [1.54, 1.807) is 0 Å². The SMILES string of the molecule is c1c(-c2nc(C3CCCC3)no2)nnn1C1CNC1. The van der Waals surface area contributed by atoms with Crippen LogP contribution in [0, 0.1) is 0 Å². The highest BCUT2D eigenvalue weighted by atomic mass is 16.5. The van der Waals surface area contributed by atoms with Gasteiger partial charge in [-0.05, 0) is 12.8 Å². The number of nitrogens with zero attached hydrogens (tertiary/aromatic N) is 5. The molecule has 0 unspecified atom stereocenters. The van der Waals surface area contributed by atoms with Gasteiger partial charge >= 0.3 is 0 Å². The first kappa shape index (κ1) is 11.1. The Labute approximate surface area is 110 Å². The van der Waals surface area contributed by atoms with Crippen molar-refractivity contribution in [2.24, 2.45) is 0 Å². The summed E-state index contributed by atoms with van der Waals surface area (Å²) in [5.74, 6) is 1.77. The molecule has 0 spiro atoms. The van der Waals surface area contributed by atoms with Gasteiger partial charge in [0.15, 0.2) is 11.5 Å². The fourth-order valence-corrected chi connectivity index (χ4v) is 2.70. The fourth-order valence-electron chi connectivity index (χ4n) is 2.70. The second-order valence-electron chi connectivity index (χ2n) is 5.33. The molecule has 2 fully saturated rings. The van der Waals surface area contributed by atoms with Gasteiger partial charge in [0, 0.05) is 19.0 Å². The molecule has 100 valence electrons. The van der Waals surface area contributed by atoms with Crippen LogP contribution in [0.15, 0.2) is 10.7 Å². The summed E-state index contributed by atoms with van der Waals surface area (Å²) in [6.07, 6.45) is 6.75. The molecule has 3 heterocycles. The zero-order chi connectivity index (χ0) is 12.7. The average Bonchev–Trinajstić information content (AvgIpc) is 3.08. The van der Waals surface area contributed by atoms with Crippen LogP contribution >= 0.6 is 0 Å². The maximum Gasteiger partial charge on any atom is 0.280 e. The fraction of sp³-hybridized carbons (Fsp3) is 0.667. The van der Waals surface area contributed by atoms with Crippen LogP contribution in [0.5, 0.6) is 0 Å². The molecule has 0 atom stereocenters. The summed E-state index contributed by atoms with van der Waals surface area (Å²) in [5, 5.41) is 15.5. The lowest BCUT2D eigenvalue weighted by Crippen LogP contribution is -2.43. The third-order valence-electron chi connectivity index (χ3n) is 4.03. The second kappa shape index (κ2) is 4.41. The standard InChI is InChI=1S/C12H16N6O/c1-2-4-8(3-1)11-14-12(19-16-11)10-7-18(17-15-10)9-5-13-6-9/h7-9,13H,1-6H2. The molecular weight excluding hydrogens is 244 g/mol. The number of nitrogens with one attached hydrogen (secondary N) is 1. The van der Waals surface area contributed by atoms with Crippen molar-refractivity contribution in [1.82, 2.24) is 30.5 Å². The van der Waals surface area contributed by atoms with E-state index in [1.807, 2.05) is 10.9 Å². The molecule has 1 N–H and O–H groups in total. The van der Waals surface area contributed by atoms with Crippen LogP contribution in [0.3, 0.4) is 0 Å². The van der Waals surface area contributed by atoms with Crippen LogP contribution in [0.4, 0.5) is 0 Å². The summed E-state index contributed by atoms with van der Waals surface area (Å²) in [5.41, 5.74) is 0.670. The topological polar surface area (TPSA) is 81.7 Å². The predicted molar refractivity (Wildman–Crippen MR) is 66.4 cm³/mol. The van der Waals surface area contributed by atoms with Gasteiger partial charge in [-0.25, -0.2) is 4.68 Å². The van der Waals surface area contributed by atoms with Crippen molar-refractivity contribution in [2.45, 2.75) is 37.6 Å². The van der Waals surface area contributed by atoms with Crippen LogP contribution in [-0.2, 0) is 0 Å². The average molecular weight is 260 g/mol. The Hall–Kier alpha value is -1.76. The molecule has 1 aliphatic heterocycles. The molecule has 2 aliphatic rings. The molecular formula is C12H16N6O. The first-order valence-electron chi connectivity index (χ1n) is 6.86. The molecule has 19 heavy (non-hydrogen) atoms. The molecule has 7 nitrogen and oxygen atoms in total. The van der Waals surface area contributed by atoms with Gasteiger partial charge in [0.1, 0.15) is 0 Å². The van der Waals surface area contributed by atoms with Crippen molar-refractivity contribution >= 4 is 0 Å². The van der Waals surface area contributed by atoms with Crippen LogP contribution in [0.2, 0.25) is 0 Å². The molecule has 2 aromatic heterocycles. The Balaban J connectivity index is 1.56. The lowest BCUT2D eigenvalue weighted by molar-refractivity contribution is 0.313. The van der Waals surface area contributed by atoms with E-state index in [1.165, 1.54) is 25.7 Å². The summed E-state index contributed by atoms with van der Waals surface area (Å²) in [6.45, 7) is 1.89. The Kier molecular flexibility index (Phi) is 2.58. The van der Waals surface area contributed by atoms with E-state index in [2.05, 4.69) is 25.8 Å². The molecule has 1 aliphatic carbocycles. The zero-order valence-corrected chi connectivity index (χ0v) is 10.6. The van der Waals surface area contributed by atoms with E-state index < -0.39 is 0 Å². The molecule has 0 bridgehead atoms. The Morgan fingerprint density at radius 3 is 2.84 bits per heavy atom. The van der Waals surface area contributed by atoms with Gasteiger partial charge in [-0.15, -0.1) is 5.10 Å². The van der Waals surface area contributed by atoms with E-state index in [4.69, 9.17) is 4.52 Å². The van der Waals surface area contributed by atoms with E-state index in [0.717, 1.165) is 18.9 Å². The number of hydrogen-bond acceptors (Lipinski definition) is 6. The minimum Gasteiger partial charge on any atom is -0.332 e. The van der Waals surface area contributed by atoms with Gasteiger partial charge in [0.25, 0.3) is 5.89 Å². The monoisotopic (exact) mass is 260 g/mol. The maximum absolute atomic E-state index is 5.32. The van der Waals surface area contributed by atoms with Crippen molar-refractivity contribution in [1.29, 1.82) is 0 Å². The molecule has 0 amide bonds. The quantitative estimate of drug-likeness (QED) is 0.891. The van der Waals surface area contributed by atoms with Gasteiger partial charge in [0.05, 0.1) is 12.2 Å². The van der Waals surface area contributed by atoms with Gasteiger partial charge in [-0.3, -0.25) is 0 Å². The second-order valence-corrected chi connectivity index (χ2v) is 5.33. The number of aromatic nitrogens is 5. The van der Waals surface area contributed by atoms with E-state index in [9.17, 15) is 0 Å². The van der Waals surface area contributed by atoms with Crippen LogP contribution in [0.25, 0.3) is 11.6 Å².